The SMILES string of the molecule is CC(c1ccccc1Cl)N(C)c1ccc(Cl)nn1. The van der Waals surface area contributed by atoms with Crippen LogP contribution in [0.15, 0.2) is 36.4 Å². The summed E-state index contributed by atoms with van der Waals surface area (Å²) >= 11 is 11.9. The molecule has 1 heterocycles. The highest BCUT2D eigenvalue weighted by Gasteiger charge is 2.15. The van der Waals surface area contributed by atoms with Crippen molar-refractivity contribution in [2.45, 2.75) is 13.0 Å². The molecule has 1 unspecified atom stereocenters. The van der Waals surface area contributed by atoms with E-state index in [2.05, 4.69) is 17.1 Å². The van der Waals surface area contributed by atoms with Crippen molar-refractivity contribution >= 4 is 29.0 Å². The van der Waals surface area contributed by atoms with Crippen LogP contribution < -0.4 is 4.90 Å². The maximum absolute atomic E-state index is 6.19. The number of nitrogens with zero attached hydrogens (tertiary/aromatic N) is 3. The van der Waals surface area contributed by atoms with E-state index in [0.717, 1.165) is 16.4 Å². The fourth-order valence-corrected chi connectivity index (χ4v) is 2.11. The molecule has 0 spiro atoms. The van der Waals surface area contributed by atoms with Gasteiger partial charge in [0.15, 0.2) is 11.0 Å². The van der Waals surface area contributed by atoms with Crippen molar-refractivity contribution in [1.29, 1.82) is 0 Å². The minimum atomic E-state index is 0.106. The lowest BCUT2D eigenvalue weighted by Gasteiger charge is -2.26. The highest BCUT2D eigenvalue weighted by atomic mass is 35.5. The van der Waals surface area contributed by atoms with E-state index < -0.39 is 0 Å². The first-order chi connectivity index (χ1) is 8.59. The molecule has 0 fully saturated rings. The molecule has 0 saturated carbocycles. The van der Waals surface area contributed by atoms with Crippen molar-refractivity contribution in [2.24, 2.45) is 0 Å². The Morgan fingerprint density at radius 3 is 2.39 bits per heavy atom. The fourth-order valence-electron chi connectivity index (χ4n) is 1.72. The summed E-state index contributed by atoms with van der Waals surface area (Å²) in [4.78, 5) is 2.00. The number of benzene rings is 1. The van der Waals surface area contributed by atoms with Crippen LogP contribution in [0.5, 0.6) is 0 Å². The quantitative estimate of drug-likeness (QED) is 0.852. The van der Waals surface area contributed by atoms with Crippen LogP contribution in [-0.2, 0) is 0 Å². The molecule has 0 N–H and O–H groups in total. The molecule has 18 heavy (non-hydrogen) atoms. The van der Waals surface area contributed by atoms with Crippen LogP contribution in [-0.4, -0.2) is 17.2 Å². The lowest BCUT2D eigenvalue weighted by molar-refractivity contribution is 0.720. The summed E-state index contributed by atoms with van der Waals surface area (Å²) in [5.74, 6) is 0.756. The van der Waals surface area contributed by atoms with Crippen molar-refractivity contribution in [2.75, 3.05) is 11.9 Å². The van der Waals surface area contributed by atoms with E-state index in [1.54, 1.807) is 6.07 Å². The molecular weight excluding hydrogens is 269 g/mol. The van der Waals surface area contributed by atoms with Crippen LogP contribution in [0.25, 0.3) is 0 Å². The monoisotopic (exact) mass is 281 g/mol. The molecule has 1 atom stereocenters. The Morgan fingerprint density at radius 1 is 1.06 bits per heavy atom. The van der Waals surface area contributed by atoms with Gasteiger partial charge in [0.05, 0.1) is 6.04 Å². The van der Waals surface area contributed by atoms with Crippen LogP contribution in [0.4, 0.5) is 5.82 Å². The molecule has 2 aromatic rings. The zero-order valence-electron chi connectivity index (χ0n) is 10.1. The Kier molecular flexibility index (Phi) is 4.04. The second kappa shape index (κ2) is 5.55. The largest absolute Gasteiger partial charge is 0.351 e. The number of hydrogen-bond donors (Lipinski definition) is 0. The number of anilines is 1. The molecular formula is C13H13Cl2N3. The van der Waals surface area contributed by atoms with Gasteiger partial charge in [-0.3, -0.25) is 0 Å². The van der Waals surface area contributed by atoms with Gasteiger partial charge < -0.3 is 4.90 Å². The molecule has 0 aliphatic carbocycles. The predicted molar refractivity (Wildman–Crippen MR) is 75.3 cm³/mol. The van der Waals surface area contributed by atoms with Crippen molar-refractivity contribution in [3.05, 3.63) is 52.1 Å². The van der Waals surface area contributed by atoms with Crippen molar-refractivity contribution in [1.82, 2.24) is 10.2 Å². The number of halogens is 2. The second-order valence-corrected chi connectivity index (χ2v) is 4.82. The average molecular weight is 282 g/mol. The number of rotatable bonds is 3. The highest BCUT2D eigenvalue weighted by Crippen LogP contribution is 2.28. The third kappa shape index (κ3) is 2.74. The van der Waals surface area contributed by atoms with E-state index in [4.69, 9.17) is 23.2 Å². The van der Waals surface area contributed by atoms with Crippen LogP contribution in [0, 0.1) is 0 Å². The average Bonchev–Trinajstić information content (AvgIpc) is 2.38. The van der Waals surface area contributed by atoms with Gasteiger partial charge in [0.2, 0.25) is 0 Å². The third-order valence-corrected chi connectivity index (χ3v) is 3.46. The van der Waals surface area contributed by atoms with Gasteiger partial charge in [0.1, 0.15) is 0 Å². The van der Waals surface area contributed by atoms with Crippen molar-refractivity contribution in [3.8, 4) is 0 Å². The molecule has 0 saturated heterocycles. The van der Waals surface area contributed by atoms with Crippen molar-refractivity contribution < 1.29 is 0 Å². The van der Waals surface area contributed by atoms with Gasteiger partial charge in [-0.1, -0.05) is 41.4 Å². The zero-order chi connectivity index (χ0) is 13.1. The van der Waals surface area contributed by atoms with E-state index in [1.165, 1.54) is 0 Å². The summed E-state index contributed by atoms with van der Waals surface area (Å²) in [6.45, 7) is 2.07. The molecule has 0 aliphatic heterocycles. The number of hydrogen-bond acceptors (Lipinski definition) is 3. The molecule has 5 heteroatoms. The maximum Gasteiger partial charge on any atom is 0.151 e. The predicted octanol–water partition coefficient (Wildman–Crippen LogP) is 3.98. The maximum atomic E-state index is 6.19. The zero-order valence-corrected chi connectivity index (χ0v) is 11.7. The van der Waals surface area contributed by atoms with Gasteiger partial charge in [0, 0.05) is 12.1 Å². The van der Waals surface area contributed by atoms with E-state index in [1.807, 2.05) is 42.3 Å². The smallest absolute Gasteiger partial charge is 0.151 e. The Bertz CT molecular complexity index is 528. The first kappa shape index (κ1) is 13.1. The van der Waals surface area contributed by atoms with Crippen LogP contribution in [0.2, 0.25) is 10.2 Å². The van der Waals surface area contributed by atoms with Crippen LogP contribution in [0.3, 0.4) is 0 Å². The normalized spacial score (nSPS) is 12.2. The Balaban J connectivity index is 2.26. The second-order valence-electron chi connectivity index (χ2n) is 4.02. The first-order valence-electron chi connectivity index (χ1n) is 5.56. The van der Waals surface area contributed by atoms with Gasteiger partial charge in [-0.2, -0.15) is 0 Å². The summed E-state index contributed by atoms with van der Waals surface area (Å²) < 4.78 is 0. The van der Waals surface area contributed by atoms with Gasteiger partial charge in [-0.25, -0.2) is 0 Å². The summed E-state index contributed by atoms with van der Waals surface area (Å²) in [6.07, 6.45) is 0. The lowest BCUT2D eigenvalue weighted by Crippen LogP contribution is -2.23. The molecule has 0 radical (unpaired) electrons. The Hall–Kier alpha value is -1.32. The van der Waals surface area contributed by atoms with E-state index in [-0.39, 0.29) is 6.04 Å². The minimum Gasteiger partial charge on any atom is -0.351 e. The van der Waals surface area contributed by atoms with Gasteiger partial charge in [0.25, 0.3) is 0 Å². The molecule has 2 rings (SSSR count). The summed E-state index contributed by atoms with van der Waals surface area (Å²) in [7, 11) is 1.95. The highest BCUT2D eigenvalue weighted by molar-refractivity contribution is 6.31. The number of aromatic nitrogens is 2. The first-order valence-corrected chi connectivity index (χ1v) is 6.31. The fraction of sp³-hybridized carbons (Fsp3) is 0.231. The molecule has 3 nitrogen and oxygen atoms in total. The summed E-state index contributed by atoms with van der Waals surface area (Å²) in [6, 6.07) is 11.4. The Labute approximate surface area is 116 Å². The van der Waals surface area contributed by atoms with E-state index in [9.17, 15) is 0 Å². The molecule has 1 aromatic carbocycles. The molecule has 0 bridgehead atoms. The molecule has 94 valence electrons. The summed E-state index contributed by atoms with van der Waals surface area (Å²) in [5, 5.41) is 9.03. The molecule has 1 aromatic heterocycles. The van der Waals surface area contributed by atoms with Gasteiger partial charge in [-0.15, -0.1) is 10.2 Å². The topological polar surface area (TPSA) is 29.0 Å². The Morgan fingerprint density at radius 2 is 1.78 bits per heavy atom. The minimum absolute atomic E-state index is 0.106. The standard InChI is InChI=1S/C13H13Cl2N3/c1-9(10-5-3-4-6-11(10)14)18(2)13-8-7-12(15)16-17-13/h3-9H,1-2H3. The molecule has 0 amide bonds. The van der Waals surface area contributed by atoms with Gasteiger partial charge >= 0.3 is 0 Å². The van der Waals surface area contributed by atoms with Gasteiger partial charge in [-0.05, 0) is 30.7 Å². The third-order valence-electron chi connectivity index (χ3n) is 2.92. The van der Waals surface area contributed by atoms with E-state index in [0.29, 0.717) is 5.15 Å². The van der Waals surface area contributed by atoms with Crippen LogP contribution >= 0.6 is 23.2 Å². The summed E-state index contributed by atoms with van der Waals surface area (Å²) in [5.41, 5.74) is 1.05. The van der Waals surface area contributed by atoms with E-state index >= 15 is 0 Å². The van der Waals surface area contributed by atoms with Crippen LogP contribution in [0.1, 0.15) is 18.5 Å². The van der Waals surface area contributed by atoms with Crippen molar-refractivity contribution in [3.63, 3.8) is 0 Å². The lowest BCUT2D eigenvalue weighted by atomic mass is 10.1. The molecule has 0 aliphatic rings.